The van der Waals surface area contributed by atoms with Crippen molar-refractivity contribution < 1.29 is 18.9 Å². The molecule has 2 heterocycles. The average molecular weight is 406 g/mol. The van der Waals surface area contributed by atoms with Crippen LogP contribution < -0.4 is 14.6 Å². The van der Waals surface area contributed by atoms with Gasteiger partial charge in [0.1, 0.15) is 10.7 Å². The molecule has 152 valence electrons. The number of ether oxygens (including phenoxy) is 1. The molecule has 1 aromatic heterocycles. The maximum Gasteiger partial charge on any atom is 0.433 e. The molecule has 1 atom stereocenters. The van der Waals surface area contributed by atoms with E-state index in [0.717, 1.165) is 0 Å². The Morgan fingerprint density at radius 2 is 1.77 bits per heavy atom. The number of amidine groups is 1. The van der Waals surface area contributed by atoms with E-state index in [0.29, 0.717) is 17.1 Å². The molecule has 0 amide bonds. The van der Waals surface area contributed by atoms with Crippen LogP contribution in [0.4, 0.5) is 17.3 Å². The van der Waals surface area contributed by atoms with E-state index in [1.807, 2.05) is 30.3 Å². The van der Waals surface area contributed by atoms with Crippen molar-refractivity contribution in [2.45, 2.75) is 13.1 Å². The molecule has 3 aromatic rings. The zero-order chi connectivity index (χ0) is 21.3. The Labute approximate surface area is 171 Å². The van der Waals surface area contributed by atoms with Gasteiger partial charge in [0.2, 0.25) is 0 Å². The molecule has 0 bridgehead atoms. The number of furan rings is 1. The Balaban J connectivity index is 1.87. The summed E-state index contributed by atoms with van der Waals surface area (Å²) in [5.41, 5.74) is 1.36. The summed E-state index contributed by atoms with van der Waals surface area (Å²) < 4.78 is 10.7. The number of carbonyl (C=O) groups excluding carboxylic acids is 1. The molecule has 0 spiro atoms. The minimum atomic E-state index is -0.728. The van der Waals surface area contributed by atoms with Gasteiger partial charge in [-0.25, -0.2) is 5.01 Å². The van der Waals surface area contributed by atoms with Crippen LogP contribution in [0.3, 0.4) is 0 Å². The number of ketones is 1. The third-order valence-corrected chi connectivity index (χ3v) is 4.64. The second kappa shape index (κ2) is 7.70. The van der Waals surface area contributed by atoms with Crippen LogP contribution in [0.25, 0.3) is 0 Å². The van der Waals surface area contributed by atoms with Crippen molar-refractivity contribution in [2.24, 2.45) is 5.10 Å². The number of nitrogens with zero attached hydrogens (tertiary/aromatic N) is 4. The van der Waals surface area contributed by atoms with Crippen molar-refractivity contribution in [1.82, 2.24) is 0 Å². The normalized spacial score (nSPS) is 15.8. The van der Waals surface area contributed by atoms with Gasteiger partial charge < -0.3 is 9.15 Å². The molecule has 30 heavy (non-hydrogen) atoms. The number of benzene rings is 2. The van der Waals surface area contributed by atoms with Crippen molar-refractivity contribution in [3.8, 4) is 5.75 Å². The summed E-state index contributed by atoms with van der Waals surface area (Å²) in [5, 5.41) is 17.3. The zero-order valence-corrected chi connectivity index (χ0v) is 16.3. The molecule has 0 radical (unpaired) electrons. The van der Waals surface area contributed by atoms with Crippen LogP contribution in [-0.4, -0.2) is 23.7 Å². The molecule has 2 aromatic carbocycles. The molecular weight excluding hydrogens is 388 g/mol. The lowest BCUT2D eigenvalue weighted by molar-refractivity contribution is -0.402. The number of nitro groups is 1. The molecule has 0 N–H and O–H groups in total. The molecule has 0 saturated carbocycles. The number of anilines is 2. The fourth-order valence-corrected chi connectivity index (χ4v) is 3.28. The summed E-state index contributed by atoms with van der Waals surface area (Å²) in [6, 6.07) is 19.1. The van der Waals surface area contributed by atoms with Gasteiger partial charge in [0.25, 0.3) is 0 Å². The molecule has 0 saturated heterocycles. The monoisotopic (exact) mass is 406 g/mol. The number of carbonyl (C=O) groups is 1. The van der Waals surface area contributed by atoms with E-state index in [2.05, 4.69) is 5.10 Å². The van der Waals surface area contributed by atoms with Gasteiger partial charge in [-0.2, -0.15) is 0 Å². The first-order chi connectivity index (χ1) is 14.5. The highest BCUT2D eigenvalue weighted by atomic mass is 16.6. The predicted octanol–water partition coefficient (Wildman–Crippen LogP) is 4.12. The third-order valence-electron chi connectivity index (χ3n) is 4.64. The van der Waals surface area contributed by atoms with E-state index in [1.54, 1.807) is 41.3 Å². The molecule has 0 fully saturated rings. The van der Waals surface area contributed by atoms with E-state index in [1.165, 1.54) is 19.1 Å². The lowest BCUT2D eigenvalue weighted by atomic mass is 10.2. The first kappa shape index (κ1) is 19.2. The van der Waals surface area contributed by atoms with E-state index < -0.39 is 11.1 Å². The first-order valence-corrected chi connectivity index (χ1v) is 9.11. The van der Waals surface area contributed by atoms with Crippen molar-refractivity contribution in [1.29, 1.82) is 0 Å². The topological polar surface area (TPSA) is 101 Å². The van der Waals surface area contributed by atoms with Gasteiger partial charge in [-0.15, -0.1) is 5.10 Å². The largest absolute Gasteiger partial charge is 0.497 e. The Kier molecular flexibility index (Phi) is 4.93. The van der Waals surface area contributed by atoms with Gasteiger partial charge in [0.05, 0.1) is 18.9 Å². The predicted molar refractivity (Wildman–Crippen MR) is 111 cm³/mol. The number of para-hydroxylation sites is 1. The molecule has 4 rings (SSSR count). The second-order valence-electron chi connectivity index (χ2n) is 6.53. The molecule has 0 aliphatic carbocycles. The molecule has 9 heteroatoms. The van der Waals surface area contributed by atoms with Crippen LogP contribution in [0.15, 0.2) is 76.2 Å². The number of hydrogen-bond donors (Lipinski definition) is 0. The SMILES string of the molecule is COc1ccc(N2N=C(C(C)=O)N(c3ccccc3)C2c2ccc([N+](=O)[O-])o2)cc1. The lowest BCUT2D eigenvalue weighted by Crippen LogP contribution is -2.37. The first-order valence-electron chi connectivity index (χ1n) is 9.11. The van der Waals surface area contributed by atoms with Gasteiger partial charge in [0, 0.05) is 12.6 Å². The van der Waals surface area contributed by atoms with E-state index in [4.69, 9.17) is 9.15 Å². The van der Waals surface area contributed by atoms with Gasteiger partial charge in [0.15, 0.2) is 23.5 Å². The highest BCUT2D eigenvalue weighted by Crippen LogP contribution is 2.40. The van der Waals surface area contributed by atoms with Gasteiger partial charge in [-0.05, 0) is 42.5 Å². The lowest BCUT2D eigenvalue weighted by Gasteiger charge is -2.30. The van der Waals surface area contributed by atoms with Crippen molar-refractivity contribution in [3.05, 3.63) is 82.6 Å². The summed E-state index contributed by atoms with van der Waals surface area (Å²) in [7, 11) is 1.57. The molecule has 9 nitrogen and oxygen atoms in total. The summed E-state index contributed by atoms with van der Waals surface area (Å²) in [6.07, 6.45) is -0.728. The second-order valence-corrected chi connectivity index (χ2v) is 6.53. The number of hydrogen-bond acceptors (Lipinski definition) is 8. The molecule has 1 aliphatic heterocycles. The minimum absolute atomic E-state index is 0.195. The minimum Gasteiger partial charge on any atom is -0.497 e. The summed E-state index contributed by atoms with van der Waals surface area (Å²) in [5.74, 6) is 0.506. The maximum atomic E-state index is 12.4. The van der Waals surface area contributed by atoms with Crippen LogP contribution >= 0.6 is 0 Å². The molecule has 1 unspecified atom stereocenters. The fraction of sp³-hybridized carbons (Fsp3) is 0.143. The van der Waals surface area contributed by atoms with Crippen molar-refractivity contribution >= 4 is 28.9 Å². The fourth-order valence-electron chi connectivity index (χ4n) is 3.28. The van der Waals surface area contributed by atoms with Crippen LogP contribution in [0.2, 0.25) is 0 Å². The van der Waals surface area contributed by atoms with Crippen LogP contribution in [0.1, 0.15) is 18.8 Å². The maximum absolute atomic E-state index is 12.4. The van der Waals surface area contributed by atoms with E-state index in [-0.39, 0.29) is 23.3 Å². The molecular formula is C21H18N4O5. The van der Waals surface area contributed by atoms with Gasteiger partial charge in [-0.3, -0.25) is 19.8 Å². The standard InChI is InChI=1S/C21H18N4O5/c1-14(26)20-22-24(16-8-10-17(29-2)11-9-16)21(18-12-13-19(30-18)25(27)28)23(20)15-6-4-3-5-7-15/h3-13,21H,1-2H3. The van der Waals surface area contributed by atoms with E-state index in [9.17, 15) is 14.9 Å². The van der Waals surface area contributed by atoms with Crippen LogP contribution in [0.5, 0.6) is 5.75 Å². The highest BCUT2D eigenvalue weighted by molar-refractivity contribution is 6.44. The van der Waals surface area contributed by atoms with Gasteiger partial charge in [-0.1, -0.05) is 18.2 Å². The smallest absolute Gasteiger partial charge is 0.433 e. The van der Waals surface area contributed by atoms with Crippen LogP contribution in [-0.2, 0) is 4.79 Å². The van der Waals surface area contributed by atoms with Crippen molar-refractivity contribution in [3.63, 3.8) is 0 Å². The Morgan fingerprint density at radius 3 is 2.33 bits per heavy atom. The molecule has 1 aliphatic rings. The summed E-state index contributed by atoms with van der Waals surface area (Å²) in [6.45, 7) is 1.42. The Morgan fingerprint density at radius 1 is 1.07 bits per heavy atom. The van der Waals surface area contributed by atoms with Crippen molar-refractivity contribution in [2.75, 3.05) is 17.0 Å². The average Bonchev–Trinajstić information content (AvgIpc) is 3.39. The number of Topliss-reactive ketones (excluding diaryl/α,β-unsaturated/α-hetero) is 1. The number of methoxy groups -OCH3 is 1. The zero-order valence-electron chi connectivity index (χ0n) is 16.3. The Hall–Kier alpha value is -4.14. The van der Waals surface area contributed by atoms with Crippen LogP contribution in [0, 0.1) is 10.1 Å². The number of hydrazone groups is 1. The Bertz CT molecular complexity index is 1110. The summed E-state index contributed by atoms with van der Waals surface area (Å²) in [4.78, 5) is 24.7. The summed E-state index contributed by atoms with van der Waals surface area (Å²) >= 11 is 0. The highest BCUT2D eigenvalue weighted by Gasteiger charge is 2.41. The quantitative estimate of drug-likeness (QED) is 0.448. The number of rotatable bonds is 6. The van der Waals surface area contributed by atoms with Gasteiger partial charge >= 0.3 is 5.88 Å². The van der Waals surface area contributed by atoms with E-state index >= 15 is 0 Å². The third kappa shape index (κ3) is 3.37.